The molecule has 2 rings (SSSR count). The van der Waals surface area contributed by atoms with Gasteiger partial charge in [-0.05, 0) is 39.1 Å². The van der Waals surface area contributed by atoms with Crippen LogP contribution in [0.15, 0.2) is 18.3 Å². The van der Waals surface area contributed by atoms with Gasteiger partial charge in [0, 0.05) is 32.4 Å². The third-order valence-corrected chi connectivity index (χ3v) is 3.85. The zero-order chi connectivity index (χ0) is 15.9. The number of urea groups is 1. The van der Waals surface area contributed by atoms with Crippen molar-refractivity contribution in [3.8, 4) is 0 Å². The number of nitrogens with zero attached hydrogens (tertiary/aromatic N) is 3. The smallest absolute Gasteiger partial charge is 0.322 e. The molecule has 0 unspecified atom stereocenters. The number of nitrogens with one attached hydrogen (secondary N) is 1. The van der Waals surface area contributed by atoms with Gasteiger partial charge in [-0.15, -0.1) is 0 Å². The maximum Gasteiger partial charge on any atom is 0.322 e. The number of ether oxygens (including phenoxy) is 1. The second-order valence-corrected chi connectivity index (χ2v) is 6.01. The summed E-state index contributed by atoms with van der Waals surface area (Å²) in [6, 6.07) is 3.31. The summed E-state index contributed by atoms with van der Waals surface area (Å²) in [5.74, 6) is 0. The molecule has 0 spiro atoms. The monoisotopic (exact) mass is 326 g/mol. The largest absolute Gasteiger partial charge is 0.376 e. The molecular weight excluding hydrogens is 304 g/mol. The lowest BCUT2D eigenvalue weighted by atomic mass is 10.2. The van der Waals surface area contributed by atoms with Gasteiger partial charge < -0.3 is 19.9 Å². The highest BCUT2D eigenvalue weighted by Gasteiger charge is 2.23. The summed E-state index contributed by atoms with van der Waals surface area (Å²) in [6.45, 7) is 2.80. The molecule has 0 bridgehead atoms. The van der Waals surface area contributed by atoms with E-state index >= 15 is 0 Å². The van der Waals surface area contributed by atoms with Crippen LogP contribution in [0.4, 0.5) is 10.5 Å². The molecule has 1 fully saturated rings. The number of likely N-dealkylation sites (N-methyl/N-ethyl adjacent to an activating group) is 1. The van der Waals surface area contributed by atoms with Gasteiger partial charge >= 0.3 is 6.03 Å². The van der Waals surface area contributed by atoms with E-state index in [1.165, 1.54) is 0 Å². The molecule has 122 valence electrons. The maximum absolute atomic E-state index is 12.5. The summed E-state index contributed by atoms with van der Waals surface area (Å²) in [5, 5.41) is 3.12. The highest BCUT2D eigenvalue weighted by molar-refractivity contribution is 6.32. The van der Waals surface area contributed by atoms with E-state index in [1.54, 1.807) is 23.2 Å². The summed E-state index contributed by atoms with van der Waals surface area (Å²) in [4.78, 5) is 20.3. The van der Waals surface area contributed by atoms with Crippen molar-refractivity contribution in [2.45, 2.75) is 18.9 Å². The predicted octanol–water partition coefficient (Wildman–Crippen LogP) is 2.31. The van der Waals surface area contributed by atoms with Crippen LogP contribution in [0.3, 0.4) is 0 Å². The predicted molar refractivity (Wildman–Crippen MR) is 87.4 cm³/mol. The Kier molecular flexibility index (Phi) is 6.42. The second-order valence-electron chi connectivity index (χ2n) is 5.66. The molecule has 1 aromatic rings. The van der Waals surface area contributed by atoms with Gasteiger partial charge in [0.25, 0.3) is 0 Å². The Bertz CT molecular complexity index is 492. The number of hydrogen-bond acceptors (Lipinski definition) is 4. The van der Waals surface area contributed by atoms with Crippen LogP contribution >= 0.6 is 11.6 Å². The molecule has 1 aliphatic rings. The Morgan fingerprint density at radius 1 is 1.50 bits per heavy atom. The summed E-state index contributed by atoms with van der Waals surface area (Å²) in [5.41, 5.74) is 0.524. The van der Waals surface area contributed by atoms with E-state index in [2.05, 4.69) is 10.3 Å². The summed E-state index contributed by atoms with van der Waals surface area (Å²) < 4.78 is 5.64. The third-order valence-electron chi connectivity index (χ3n) is 3.55. The van der Waals surface area contributed by atoms with Crippen LogP contribution < -0.4 is 5.32 Å². The quantitative estimate of drug-likeness (QED) is 0.815. The van der Waals surface area contributed by atoms with Crippen molar-refractivity contribution in [1.29, 1.82) is 0 Å². The average Bonchev–Trinajstić information content (AvgIpc) is 2.98. The Morgan fingerprint density at radius 2 is 2.32 bits per heavy atom. The minimum atomic E-state index is -0.174. The van der Waals surface area contributed by atoms with E-state index < -0.39 is 0 Å². The summed E-state index contributed by atoms with van der Waals surface area (Å²) in [6.07, 6.45) is 3.77. The molecule has 0 aliphatic carbocycles. The number of hydrogen-bond donors (Lipinski definition) is 1. The Morgan fingerprint density at radius 3 is 2.95 bits per heavy atom. The molecule has 0 aromatic carbocycles. The number of rotatable bonds is 6. The van der Waals surface area contributed by atoms with E-state index in [0.29, 0.717) is 23.9 Å². The first-order valence-corrected chi connectivity index (χ1v) is 7.87. The standard InChI is InChI=1S/C15H23ClN4O2/c1-19(2)8-9-20(11-12-5-4-10-22-12)15(21)18-13-6-3-7-17-14(13)16/h3,6-7,12H,4-5,8-11H2,1-2H3,(H,18,21)/t12-/m1/s1. The Labute approximate surface area is 136 Å². The van der Waals surface area contributed by atoms with Gasteiger partial charge in [-0.3, -0.25) is 0 Å². The molecule has 1 atom stereocenters. The number of aromatic nitrogens is 1. The van der Waals surface area contributed by atoms with Crippen LogP contribution in [0.25, 0.3) is 0 Å². The number of anilines is 1. The van der Waals surface area contributed by atoms with Crippen molar-refractivity contribution in [3.63, 3.8) is 0 Å². The van der Waals surface area contributed by atoms with E-state index in [1.807, 2.05) is 19.0 Å². The lowest BCUT2D eigenvalue weighted by molar-refractivity contribution is 0.0820. The molecule has 0 saturated carbocycles. The topological polar surface area (TPSA) is 57.7 Å². The van der Waals surface area contributed by atoms with Gasteiger partial charge in [-0.1, -0.05) is 11.6 Å². The molecule has 6 nitrogen and oxygen atoms in total. The van der Waals surface area contributed by atoms with Crippen molar-refractivity contribution >= 4 is 23.3 Å². The fourth-order valence-corrected chi connectivity index (χ4v) is 2.47. The lowest BCUT2D eigenvalue weighted by Gasteiger charge is -2.27. The average molecular weight is 327 g/mol. The molecule has 0 radical (unpaired) electrons. The molecule has 2 heterocycles. The van der Waals surface area contributed by atoms with Crippen LogP contribution in [0.5, 0.6) is 0 Å². The van der Waals surface area contributed by atoms with Gasteiger partial charge in [-0.2, -0.15) is 0 Å². The number of carbonyl (C=O) groups is 1. The Hall–Kier alpha value is -1.37. The van der Waals surface area contributed by atoms with Crippen LogP contribution in [0, 0.1) is 0 Å². The highest BCUT2D eigenvalue weighted by Crippen LogP contribution is 2.19. The molecule has 1 saturated heterocycles. The van der Waals surface area contributed by atoms with Gasteiger partial charge in [0.15, 0.2) is 5.15 Å². The highest BCUT2D eigenvalue weighted by atomic mass is 35.5. The fraction of sp³-hybridized carbons (Fsp3) is 0.600. The van der Waals surface area contributed by atoms with Crippen LogP contribution in [0.2, 0.25) is 5.15 Å². The zero-order valence-corrected chi connectivity index (χ0v) is 13.8. The van der Waals surface area contributed by atoms with Crippen molar-refractivity contribution in [1.82, 2.24) is 14.8 Å². The normalized spacial score (nSPS) is 17.7. The first-order chi connectivity index (χ1) is 10.6. The SMILES string of the molecule is CN(C)CCN(C[C@H]1CCCO1)C(=O)Nc1cccnc1Cl. The first kappa shape index (κ1) is 17.0. The van der Waals surface area contributed by atoms with Crippen molar-refractivity contribution in [2.24, 2.45) is 0 Å². The summed E-state index contributed by atoms with van der Waals surface area (Å²) >= 11 is 5.99. The molecular formula is C15H23ClN4O2. The van der Waals surface area contributed by atoms with Crippen LogP contribution in [0.1, 0.15) is 12.8 Å². The van der Waals surface area contributed by atoms with E-state index in [9.17, 15) is 4.79 Å². The zero-order valence-electron chi connectivity index (χ0n) is 13.1. The van der Waals surface area contributed by atoms with Gasteiger partial charge in [0.2, 0.25) is 0 Å². The lowest BCUT2D eigenvalue weighted by Crippen LogP contribution is -2.43. The minimum Gasteiger partial charge on any atom is -0.376 e. The van der Waals surface area contributed by atoms with E-state index in [-0.39, 0.29) is 12.1 Å². The molecule has 1 aromatic heterocycles. The van der Waals surface area contributed by atoms with E-state index in [0.717, 1.165) is 26.0 Å². The van der Waals surface area contributed by atoms with E-state index in [4.69, 9.17) is 16.3 Å². The first-order valence-electron chi connectivity index (χ1n) is 7.49. The third kappa shape index (κ3) is 5.12. The summed E-state index contributed by atoms with van der Waals surface area (Å²) in [7, 11) is 3.97. The molecule has 22 heavy (non-hydrogen) atoms. The molecule has 1 N–H and O–H groups in total. The number of amides is 2. The second kappa shape index (κ2) is 8.31. The number of pyridine rings is 1. The van der Waals surface area contributed by atoms with Gasteiger partial charge in [0.05, 0.1) is 11.8 Å². The fourth-order valence-electron chi connectivity index (χ4n) is 2.30. The van der Waals surface area contributed by atoms with Crippen LogP contribution in [-0.4, -0.2) is 67.3 Å². The Balaban J connectivity index is 1.99. The van der Waals surface area contributed by atoms with Crippen LogP contribution in [-0.2, 0) is 4.74 Å². The molecule has 1 aliphatic heterocycles. The molecule has 7 heteroatoms. The minimum absolute atomic E-state index is 0.122. The number of carbonyl (C=O) groups excluding carboxylic acids is 1. The van der Waals surface area contributed by atoms with Crippen molar-refractivity contribution < 1.29 is 9.53 Å². The van der Waals surface area contributed by atoms with Crippen molar-refractivity contribution in [2.75, 3.05) is 45.7 Å². The number of halogens is 1. The van der Waals surface area contributed by atoms with Gasteiger partial charge in [-0.25, -0.2) is 9.78 Å². The maximum atomic E-state index is 12.5. The van der Waals surface area contributed by atoms with Crippen molar-refractivity contribution in [3.05, 3.63) is 23.5 Å². The molecule has 2 amide bonds. The van der Waals surface area contributed by atoms with Gasteiger partial charge in [0.1, 0.15) is 0 Å².